The zero-order valence-corrected chi connectivity index (χ0v) is 11.0. The first-order valence-electron chi connectivity index (χ1n) is 6.74. The van der Waals surface area contributed by atoms with Crippen molar-refractivity contribution in [2.24, 2.45) is 9.98 Å². The molecule has 0 bridgehead atoms. The highest BCUT2D eigenvalue weighted by Gasteiger charge is 2.47. The third-order valence-electron chi connectivity index (χ3n) is 3.85. The molecule has 0 aliphatic carbocycles. The molecule has 0 atom stereocenters. The van der Waals surface area contributed by atoms with E-state index < -0.39 is 12.0 Å². The molecule has 0 aromatic heterocycles. The number of likely N-dealkylation sites (tertiary alicyclic amines) is 1. The van der Waals surface area contributed by atoms with Gasteiger partial charge in [0.05, 0.1) is 12.2 Å². The van der Waals surface area contributed by atoms with E-state index in [1.165, 1.54) is 0 Å². The highest BCUT2D eigenvalue weighted by molar-refractivity contribution is 6.04. The molecule has 3 aliphatic rings. The van der Waals surface area contributed by atoms with E-state index in [0.717, 1.165) is 19.4 Å². The Bertz CT molecular complexity index is 468. The molecule has 0 aromatic carbocycles. The van der Waals surface area contributed by atoms with E-state index >= 15 is 0 Å². The van der Waals surface area contributed by atoms with Crippen LogP contribution in [0.15, 0.2) is 22.1 Å². The summed E-state index contributed by atoms with van der Waals surface area (Å²) in [6.45, 7) is 2.25. The molecule has 2 fully saturated rings. The summed E-state index contributed by atoms with van der Waals surface area (Å²) in [6, 6.07) is 0. The lowest BCUT2D eigenvalue weighted by Gasteiger charge is -2.32. The van der Waals surface area contributed by atoms with E-state index in [1.807, 2.05) is 11.0 Å². The summed E-state index contributed by atoms with van der Waals surface area (Å²) in [6.07, 6.45) is 1.20. The highest BCUT2D eigenvalue weighted by Crippen LogP contribution is 2.37. The molecule has 0 amide bonds. The SMILES string of the molecule is FC(F)(F)C1=NCCC=CC(N2CCC3(CC2)CO3)=N1. The molecule has 110 valence electrons. The average Bonchev–Trinajstić information content (AvgIpc) is 3.09. The van der Waals surface area contributed by atoms with Crippen molar-refractivity contribution in [1.82, 2.24) is 4.90 Å². The van der Waals surface area contributed by atoms with Gasteiger partial charge in [0.25, 0.3) is 0 Å². The Hall–Kier alpha value is -1.37. The van der Waals surface area contributed by atoms with Gasteiger partial charge in [-0.1, -0.05) is 6.08 Å². The fraction of sp³-hybridized carbons (Fsp3) is 0.692. The maximum Gasteiger partial charge on any atom is 0.451 e. The second-order valence-electron chi connectivity index (χ2n) is 5.32. The van der Waals surface area contributed by atoms with Gasteiger partial charge in [-0.25, -0.2) is 4.99 Å². The minimum absolute atomic E-state index is 0.00331. The second-order valence-corrected chi connectivity index (χ2v) is 5.32. The fourth-order valence-corrected chi connectivity index (χ4v) is 2.48. The number of epoxide rings is 1. The lowest BCUT2D eigenvalue weighted by atomic mass is 9.97. The van der Waals surface area contributed by atoms with E-state index in [-0.39, 0.29) is 12.1 Å². The zero-order valence-electron chi connectivity index (χ0n) is 11.0. The van der Waals surface area contributed by atoms with Crippen LogP contribution < -0.4 is 0 Å². The molecule has 4 nitrogen and oxygen atoms in total. The summed E-state index contributed by atoms with van der Waals surface area (Å²) in [5.41, 5.74) is 0.00331. The molecule has 0 aromatic rings. The molecule has 0 radical (unpaired) electrons. The van der Waals surface area contributed by atoms with Crippen molar-refractivity contribution in [3.8, 4) is 0 Å². The standard InChI is InChI=1S/C13H16F3N3O/c14-13(15,16)11-17-6-2-1-3-10(18-11)19-7-4-12(5-8-19)9-20-12/h1,3H,2,4-9H2. The van der Waals surface area contributed by atoms with E-state index in [0.29, 0.717) is 25.3 Å². The van der Waals surface area contributed by atoms with Crippen molar-refractivity contribution < 1.29 is 17.9 Å². The van der Waals surface area contributed by atoms with Crippen molar-refractivity contribution in [3.05, 3.63) is 12.2 Å². The van der Waals surface area contributed by atoms with Crippen LogP contribution in [0, 0.1) is 0 Å². The Morgan fingerprint density at radius 2 is 1.95 bits per heavy atom. The van der Waals surface area contributed by atoms with Crippen LogP contribution in [0.5, 0.6) is 0 Å². The van der Waals surface area contributed by atoms with Gasteiger partial charge in [-0.2, -0.15) is 13.2 Å². The van der Waals surface area contributed by atoms with Crippen LogP contribution in [0.4, 0.5) is 13.2 Å². The van der Waals surface area contributed by atoms with Gasteiger partial charge in [-0.05, 0) is 25.3 Å². The second kappa shape index (κ2) is 4.87. The van der Waals surface area contributed by atoms with Crippen LogP contribution in [0.25, 0.3) is 0 Å². The maximum absolute atomic E-state index is 12.8. The number of amidine groups is 2. The fourth-order valence-electron chi connectivity index (χ4n) is 2.48. The molecule has 7 heteroatoms. The van der Waals surface area contributed by atoms with Crippen molar-refractivity contribution in [1.29, 1.82) is 0 Å². The largest absolute Gasteiger partial charge is 0.451 e. The predicted octanol–water partition coefficient (Wildman–Crippen LogP) is 2.17. The molecule has 0 N–H and O–H groups in total. The lowest BCUT2D eigenvalue weighted by molar-refractivity contribution is -0.0599. The maximum atomic E-state index is 12.8. The number of alkyl halides is 3. The van der Waals surface area contributed by atoms with Gasteiger partial charge in [0.15, 0.2) is 0 Å². The normalized spacial score (nSPS) is 25.9. The molecule has 3 rings (SSSR count). The van der Waals surface area contributed by atoms with Gasteiger partial charge in [-0.15, -0.1) is 0 Å². The van der Waals surface area contributed by atoms with E-state index in [4.69, 9.17) is 4.74 Å². The number of rotatable bonds is 0. The van der Waals surface area contributed by atoms with Crippen LogP contribution in [0.2, 0.25) is 0 Å². The Kier molecular flexibility index (Phi) is 3.32. The molecule has 0 unspecified atom stereocenters. The minimum atomic E-state index is -4.49. The molecule has 20 heavy (non-hydrogen) atoms. The van der Waals surface area contributed by atoms with Crippen LogP contribution in [0.3, 0.4) is 0 Å². The molecule has 2 saturated heterocycles. The summed E-state index contributed by atoms with van der Waals surface area (Å²) in [5, 5.41) is 0. The number of nitrogens with zero attached hydrogens (tertiary/aromatic N) is 3. The van der Waals surface area contributed by atoms with Gasteiger partial charge in [0.1, 0.15) is 5.84 Å². The van der Waals surface area contributed by atoms with Crippen molar-refractivity contribution >= 4 is 11.7 Å². The summed E-state index contributed by atoms with van der Waals surface area (Å²) in [7, 11) is 0. The van der Waals surface area contributed by atoms with Gasteiger partial charge in [0.2, 0.25) is 5.84 Å². The summed E-state index contributed by atoms with van der Waals surface area (Å²) in [5.74, 6) is -0.670. The van der Waals surface area contributed by atoms with Crippen molar-refractivity contribution in [2.75, 3.05) is 26.2 Å². The average molecular weight is 287 g/mol. The Morgan fingerprint density at radius 3 is 2.55 bits per heavy atom. The summed E-state index contributed by atoms with van der Waals surface area (Å²) in [4.78, 5) is 9.17. The first kappa shape index (κ1) is 13.6. The van der Waals surface area contributed by atoms with Gasteiger partial charge >= 0.3 is 6.18 Å². The monoisotopic (exact) mass is 287 g/mol. The first-order chi connectivity index (χ1) is 9.49. The van der Waals surface area contributed by atoms with E-state index in [9.17, 15) is 13.2 Å². The smallest absolute Gasteiger partial charge is 0.369 e. The van der Waals surface area contributed by atoms with Crippen molar-refractivity contribution in [3.63, 3.8) is 0 Å². The molecule has 3 aliphatic heterocycles. The molecular formula is C13H16F3N3O. The summed E-state index contributed by atoms with van der Waals surface area (Å²) < 4.78 is 43.9. The Morgan fingerprint density at radius 1 is 1.25 bits per heavy atom. The van der Waals surface area contributed by atoms with E-state index in [2.05, 4.69) is 9.98 Å². The number of halogens is 3. The molecular weight excluding hydrogens is 271 g/mol. The van der Waals surface area contributed by atoms with Crippen LogP contribution >= 0.6 is 0 Å². The van der Waals surface area contributed by atoms with Crippen molar-refractivity contribution in [2.45, 2.75) is 31.0 Å². The number of aliphatic imine (C=N–C) groups is 2. The van der Waals surface area contributed by atoms with Gasteiger partial charge < -0.3 is 9.64 Å². The Labute approximate surface area is 115 Å². The summed E-state index contributed by atoms with van der Waals surface area (Å²) >= 11 is 0. The minimum Gasteiger partial charge on any atom is -0.369 e. The van der Waals surface area contributed by atoms with Gasteiger partial charge in [-0.3, -0.25) is 4.99 Å². The Balaban J connectivity index is 1.78. The third kappa shape index (κ3) is 2.87. The predicted molar refractivity (Wildman–Crippen MR) is 69.0 cm³/mol. The zero-order chi connectivity index (χ0) is 14.2. The highest BCUT2D eigenvalue weighted by atomic mass is 19.4. The quantitative estimate of drug-likeness (QED) is 0.641. The van der Waals surface area contributed by atoms with E-state index in [1.54, 1.807) is 6.08 Å². The first-order valence-corrected chi connectivity index (χ1v) is 6.74. The topological polar surface area (TPSA) is 40.5 Å². The number of piperidine rings is 1. The molecule has 1 spiro atoms. The number of ether oxygens (including phenoxy) is 1. The van der Waals surface area contributed by atoms with Gasteiger partial charge in [0, 0.05) is 19.6 Å². The molecule has 3 heterocycles. The number of hydrogen-bond acceptors (Lipinski definition) is 4. The lowest BCUT2D eigenvalue weighted by Crippen LogP contribution is -2.42. The third-order valence-corrected chi connectivity index (χ3v) is 3.85. The van der Waals surface area contributed by atoms with Crippen LogP contribution in [-0.2, 0) is 4.74 Å². The molecule has 0 saturated carbocycles. The van der Waals surface area contributed by atoms with Crippen LogP contribution in [0.1, 0.15) is 19.3 Å². The van der Waals surface area contributed by atoms with Crippen LogP contribution in [-0.4, -0.2) is 54.6 Å². The number of hydrogen-bond donors (Lipinski definition) is 0.